The van der Waals surface area contributed by atoms with Crippen molar-refractivity contribution in [2.45, 2.75) is 13.3 Å². The van der Waals surface area contributed by atoms with Crippen molar-refractivity contribution in [3.05, 3.63) is 84.2 Å². The minimum Gasteiger partial charge on any atom is -0.352 e. The molecule has 0 radical (unpaired) electrons. The van der Waals surface area contributed by atoms with E-state index in [1.54, 1.807) is 11.3 Å². The molecule has 3 aromatic rings. The van der Waals surface area contributed by atoms with E-state index in [1.165, 1.54) is 0 Å². The predicted molar refractivity (Wildman–Crippen MR) is 108 cm³/mol. The standard InChI is InChI=1S/C19H16N4O5S/c1-12-21-18(11-29-12)14-4-2-13(3-5-14)6-7-20-19(24)15-8-16(22(25)26)10-17(9-15)23(27)28/h2-5,8-11H,6-7H2,1H3,(H,20,24). The Balaban J connectivity index is 1.62. The van der Waals surface area contributed by atoms with E-state index in [0.717, 1.165) is 40.0 Å². The lowest BCUT2D eigenvalue weighted by Crippen LogP contribution is -2.25. The largest absolute Gasteiger partial charge is 0.352 e. The van der Waals surface area contributed by atoms with E-state index >= 15 is 0 Å². The van der Waals surface area contributed by atoms with Crippen molar-refractivity contribution < 1.29 is 14.6 Å². The fourth-order valence-corrected chi connectivity index (χ4v) is 3.32. The second-order valence-electron chi connectivity index (χ2n) is 6.21. The molecule has 1 aromatic heterocycles. The monoisotopic (exact) mass is 412 g/mol. The molecule has 9 nitrogen and oxygen atoms in total. The van der Waals surface area contributed by atoms with Crippen LogP contribution >= 0.6 is 11.3 Å². The van der Waals surface area contributed by atoms with Gasteiger partial charge in [0.1, 0.15) is 0 Å². The molecule has 0 fully saturated rings. The number of hydrogen-bond donors (Lipinski definition) is 1. The number of aromatic nitrogens is 1. The Morgan fingerprint density at radius 1 is 1.07 bits per heavy atom. The lowest BCUT2D eigenvalue weighted by molar-refractivity contribution is -0.394. The van der Waals surface area contributed by atoms with Crippen LogP contribution in [0.5, 0.6) is 0 Å². The van der Waals surface area contributed by atoms with Gasteiger partial charge in [0.05, 0.1) is 32.2 Å². The number of carbonyl (C=O) groups is 1. The van der Waals surface area contributed by atoms with Crippen molar-refractivity contribution >= 4 is 28.6 Å². The predicted octanol–water partition coefficient (Wildman–Crippen LogP) is 3.91. The third kappa shape index (κ3) is 4.99. The number of hydrogen-bond acceptors (Lipinski definition) is 7. The number of benzene rings is 2. The number of nitro groups is 2. The molecule has 1 N–H and O–H groups in total. The van der Waals surface area contributed by atoms with Crippen molar-refractivity contribution in [1.29, 1.82) is 0 Å². The summed E-state index contributed by atoms with van der Waals surface area (Å²) in [5, 5.41) is 27.5. The molecular weight excluding hydrogens is 396 g/mol. The molecule has 0 aliphatic rings. The Labute approximate surface area is 169 Å². The maximum Gasteiger partial charge on any atom is 0.277 e. The van der Waals surface area contributed by atoms with Crippen LogP contribution in [0.1, 0.15) is 20.9 Å². The lowest BCUT2D eigenvalue weighted by atomic mass is 10.1. The SMILES string of the molecule is Cc1nc(-c2ccc(CCNC(=O)c3cc([N+](=O)[O-])cc([N+](=O)[O-])c3)cc2)cs1. The first-order chi connectivity index (χ1) is 13.8. The summed E-state index contributed by atoms with van der Waals surface area (Å²) in [6, 6.07) is 10.6. The third-order valence-corrected chi connectivity index (χ3v) is 4.93. The summed E-state index contributed by atoms with van der Waals surface area (Å²) in [7, 11) is 0. The summed E-state index contributed by atoms with van der Waals surface area (Å²) >= 11 is 1.58. The van der Waals surface area contributed by atoms with Gasteiger partial charge < -0.3 is 5.32 Å². The maximum atomic E-state index is 12.3. The maximum absolute atomic E-state index is 12.3. The quantitative estimate of drug-likeness (QED) is 0.463. The van der Waals surface area contributed by atoms with Crippen LogP contribution in [0.2, 0.25) is 0 Å². The van der Waals surface area contributed by atoms with Gasteiger partial charge in [0.15, 0.2) is 0 Å². The first kappa shape index (κ1) is 20.1. The zero-order valence-electron chi connectivity index (χ0n) is 15.3. The van der Waals surface area contributed by atoms with Gasteiger partial charge in [-0.1, -0.05) is 24.3 Å². The molecule has 0 aliphatic heterocycles. The molecule has 148 valence electrons. The number of non-ortho nitro benzene ring substituents is 2. The molecule has 0 saturated heterocycles. The number of amides is 1. The lowest BCUT2D eigenvalue weighted by Gasteiger charge is -2.06. The van der Waals surface area contributed by atoms with Crippen LogP contribution in [0.25, 0.3) is 11.3 Å². The van der Waals surface area contributed by atoms with Crippen LogP contribution in [-0.4, -0.2) is 27.3 Å². The molecule has 0 atom stereocenters. The molecular formula is C19H16N4O5S. The van der Waals surface area contributed by atoms with Gasteiger partial charge in [-0.2, -0.15) is 0 Å². The summed E-state index contributed by atoms with van der Waals surface area (Å²) in [6.45, 7) is 2.23. The smallest absolute Gasteiger partial charge is 0.277 e. The Morgan fingerprint density at radius 2 is 1.69 bits per heavy atom. The van der Waals surface area contributed by atoms with Gasteiger partial charge in [-0.3, -0.25) is 25.0 Å². The molecule has 0 aliphatic carbocycles. The van der Waals surface area contributed by atoms with E-state index in [1.807, 2.05) is 36.6 Å². The first-order valence-electron chi connectivity index (χ1n) is 8.57. The number of nitrogens with zero attached hydrogens (tertiary/aromatic N) is 3. The third-order valence-electron chi connectivity index (χ3n) is 4.15. The van der Waals surface area contributed by atoms with Crippen LogP contribution in [-0.2, 0) is 6.42 Å². The average molecular weight is 412 g/mol. The molecule has 1 heterocycles. The highest BCUT2D eigenvalue weighted by atomic mass is 32.1. The second-order valence-corrected chi connectivity index (χ2v) is 7.27. The van der Waals surface area contributed by atoms with Gasteiger partial charge in [0, 0.05) is 29.6 Å². The molecule has 10 heteroatoms. The normalized spacial score (nSPS) is 10.5. The fraction of sp³-hybridized carbons (Fsp3) is 0.158. The van der Waals surface area contributed by atoms with Crippen molar-refractivity contribution in [1.82, 2.24) is 10.3 Å². The van der Waals surface area contributed by atoms with E-state index in [-0.39, 0.29) is 12.1 Å². The summed E-state index contributed by atoms with van der Waals surface area (Å²) in [6.07, 6.45) is 0.541. The van der Waals surface area contributed by atoms with E-state index in [4.69, 9.17) is 0 Å². The van der Waals surface area contributed by atoms with Crippen LogP contribution in [0.15, 0.2) is 47.8 Å². The molecule has 3 rings (SSSR count). The Morgan fingerprint density at radius 3 is 2.21 bits per heavy atom. The molecule has 1 amide bonds. The zero-order chi connectivity index (χ0) is 21.0. The van der Waals surface area contributed by atoms with Gasteiger partial charge in [0.25, 0.3) is 17.3 Å². The van der Waals surface area contributed by atoms with Gasteiger partial charge in [-0.25, -0.2) is 4.98 Å². The number of carbonyl (C=O) groups excluding carboxylic acids is 1. The number of nitro benzene ring substituents is 2. The van der Waals surface area contributed by atoms with E-state index < -0.39 is 27.1 Å². The Kier molecular flexibility index (Phi) is 5.93. The van der Waals surface area contributed by atoms with Gasteiger partial charge in [0.2, 0.25) is 0 Å². The summed E-state index contributed by atoms with van der Waals surface area (Å²) in [5.74, 6) is -0.605. The minimum absolute atomic E-state index is 0.125. The molecule has 0 saturated carbocycles. The highest BCUT2D eigenvalue weighted by Crippen LogP contribution is 2.23. The van der Waals surface area contributed by atoms with E-state index in [9.17, 15) is 25.0 Å². The minimum atomic E-state index is -0.769. The second kappa shape index (κ2) is 8.57. The summed E-state index contributed by atoms with van der Waals surface area (Å²) in [4.78, 5) is 37.0. The highest BCUT2D eigenvalue weighted by molar-refractivity contribution is 7.09. The molecule has 2 aromatic carbocycles. The van der Waals surface area contributed by atoms with Gasteiger partial charge in [-0.05, 0) is 18.9 Å². The number of rotatable bonds is 7. The Hall–Kier alpha value is -3.66. The molecule has 0 unspecified atom stereocenters. The Bertz CT molecular complexity index is 1050. The van der Waals surface area contributed by atoms with Crippen LogP contribution < -0.4 is 5.32 Å². The molecule has 29 heavy (non-hydrogen) atoms. The van der Waals surface area contributed by atoms with Crippen molar-refractivity contribution in [2.24, 2.45) is 0 Å². The van der Waals surface area contributed by atoms with Crippen molar-refractivity contribution in [3.63, 3.8) is 0 Å². The zero-order valence-corrected chi connectivity index (χ0v) is 16.1. The van der Waals surface area contributed by atoms with Crippen LogP contribution in [0.4, 0.5) is 11.4 Å². The number of thiazole rings is 1. The van der Waals surface area contributed by atoms with Gasteiger partial charge in [-0.15, -0.1) is 11.3 Å². The first-order valence-corrected chi connectivity index (χ1v) is 9.45. The van der Waals surface area contributed by atoms with E-state index in [2.05, 4.69) is 10.3 Å². The summed E-state index contributed by atoms with van der Waals surface area (Å²) < 4.78 is 0. The molecule has 0 bridgehead atoms. The average Bonchev–Trinajstić information content (AvgIpc) is 3.14. The highest BCUT2D eigenvalue weighted by Gasteiger charge is 2.19. The molecule has 0 spiro atoms. The topological polar surface area (TPSA) is 128 Å². The summed E-state index contributed by atoms with van der Waals surface area (Å²) in [5.41, 5.74) is 1.78. The number of nitrogens with one attached hydrogen (secondary N) is 1. The van der Waals surface area contributed by atoms with E-state index in [0.29, 0.717) is 6.42 Å². The van der Waals surface area contributed by atoms with Crippen LogP contribution in [0, 0.1) is 27.2 Å². The van der Waals surface area contributed by atoms with Gasteiger partial charge >= 0.3 is 0 Å². The number of aryl methyl sites for hydroxylation is 1. The van der Waals surface area contributed by atoms with Crippen molar-refractivity contribution in [2.75, 3.05) is 6.54 Å². The van der Waals surface area contributed by atoms with Crippen LogP contribution in [0.3, 0.4) is 0 Å². The van der Waals surface area contributed by atoms with Crippen molar-refractivity contribution in [3.8, 4) is 11.3 Å². The fourth-order valence-electron chi connectivity index (χ4n) is 2.70.